The van der Waals surface area contributed by atoms with Gasteiger partial charge in [0.2, 0.25) is 0 Å². The van der Waals surface area contributed by atoms with Crippen LogP contribution in [0.1, 0.15) is 0 Å². The van der Waals surface area contributed by atoms with E-state index in [-0.39, 0.29) is 42.1 Å². The molecule has 0 bridgehead atoms. The van der Waals surface area contributed by atoms with Crippen LogP contribution in [0, 0.1) is 0 Å². The summed E-state index contributed by atoms with van der Waals surface area (Å²) in [5.74, 6) is 0. The Hall–Kier alpha value is -0.932. The van der Waals surface area contributed by atoms with Crippen molar-refractivity contribution in [3.8, 4) is 0 Å². The molecular formula is C5H7N4O3PW. The number of H-pyrrole nitrogens is 4. The number of aromatic nitrogens is 4. The van der Waals surface area contributed by atoms with Crippen LogP contribution >= 0.6 is 9.90 Å². The Morgan fingerprint density at radius 1 is 0.786 bits per heavy atom. The molecule has 1 unspecified atom stereocenters. The molecule has 0 aromatic carbocycles. The maximum absolute atomic E-state index is 10.9. The number of hydrogen-bond donors (Lipinski definition) is 4. The predicted molar refractivity (Wildman–Crippen MR) is 51.3 cm³/mol. The van der Waals surface area contributed by atoms with E-state index in [9.17, 15) is 14.4 Å². The average Bonchev–Trinajstić information content (AvgIpc) is 2.29. The summed E-state index contributed by atoms with van der Waals surface area (Å²) in [5, 5.41) is 0. The first-order chi connectivity index (χ1) is 5.66. The van der Waals surface area contributed by atoms with Crippen molar-refractivity contribution >= 4 is 21.1 Å². The molecule has 0 fully saturated rings. The van der Waals surface area contributed by atoms with Gasteiger partial charge < -0.3 is 0 Å². The molecule has 1 atom stereocenters. The minimum Gasteiger partial charge on any atom is -0.300 e. The molecule has 0 aliphatic carbocycles. The van der Waals surface area contributed by atoms with E-state index in [0.717, 1.165) is 0 Å². The zero-order chi connectivity index (χ0) is 8.72. The maximum atomic E-state index is 10.9. The number of fused-ring (bicyclic) bond motifs is 1. The molecule has 2 aromatic rings. The van der Waals surface area contributed by atoms with Gasteiger partial charge in [-0.25, -0.2) is 9.59 Å². The summed E-state index contributed by atoms with van der Waals surface area (Å²) >= 11 is 0. The van der Waals surface area contributed by atoms with Crippen molar-refractivity contribution in [1.29, 1.82) is 0 Å². The van der Waals surface area contributed by atoms with Crippen molar-refractivity contribution in [1.82, 2.24) is 19.9 Å². The van der Waals surface area contributed by atoms with E-state index in [1.165, 1.54) is 0 Å². The zero-order valence-corrected chi connectivity index (χ0v) is 11.2. The number of hydrogen-bond acceptors (Lipinski definition) is 3. The molecule has 0 saturated heterocycles. The minimum absolute atomic E-state index is 0. The van der Waals surface area contributed by atoms with E-state index < -0.39 is 16.9 Å². The van der Waals surface area contributed by atoms with Crippen LogP contribution in [0.4, 0.5) is 0 Å². The van der Waals surface area contributed by atoms with Crippen molar-refractivity contribution < 1.29 is 21.1 Å². The van der Waals surface area contributed by atoms with Crippen LogP contribution in [0.25, 0.3) is 11.2 Å². The van der Waals surface area contributed by atoms with E-state index in [4.69, 9.17) is 0 Å². The molecule has 0 aliphatic heterocycles. The second-order valence-corrected chi connectivity index (χ2v) is 2.24. The summed E-state index contributed by atoms with van der Waals surface area (Å²) in [6.07, 6.45) is 0. The third-order valence-corrected chi connectivity index (χ3v) is 1.42. The number of nitrogens with one attached hydrogen (secondary N) is 4. The van der Waals surface area contributed by atoms with Gasteiger partial charge in [0.1, 0.15) is 11.2 Å². The third-order valence-electron chi connectivity index (χ3n) is 1.42. The molecule has 0 radical (unpaired) electrons. The topological polar surface area (TPSA) is 114 Å². The van der Waals surface area contributed by atoms with Gasteiger partial charge in [-0.2, -0.15) is 9.90 Å². The van der Waals surface area contributed by atoms with Crippen molar-refractivity contribution in [2.24, 2.45) is 0 Å². The fraction of sp³-hybridized carbons (Fsp3) is 0. The molecule has 2 rings (SSSR count). The second kappa shape index (κ2) is 4.53. The summed E-state index contributed by atoms with van der Waals surface area (Å²) in [5.41, 5.74) is -1.65. The Morgan fingerprint density at radius 2 is 1.29 bits per heavy atom. The summed E-state index contributed by atoms with van der Waals surface area (Å²) in [6.45, 7) is 0. The molecule has 2 heterocycles. The molecule has 0 spiro atoms. The smallest absolute Gasteiger partial charge is 0.300 e. The average molecular weight is 386 g/mol. The molecule has 7 nitrogen and oxygen atoms in total. The molecule has 14 heavy (non-hydrogen) atoms. The van der Waals surface area contributed by atoms with Gasteiger partial charge in [-0.1, -0.05) is 0 Å². The van der Waals surface area contributed by atoms with E-state index in [0.29, 0.717) is 0 Å². The van der Waals surface area contributed by atoms with Gasteiger partial charge in [-0.05, 0) is 0 Å². The first-order valence-corrected chi connectivity index (χ1v) is 3.11. The molecule has 2 aromatic heterocycles. The van der Waals surface area contributed by atoms with Crippen molar-refractivity contribution in [3.05, 3.63) is 31.3 Å². The summed E-state index contributed by atoms with van der Waals surface area (Å²) < 4.78 is 0. The summed E-state index contributed by atoms with van der Waals surface area (Å²) in [6, 6.07) is 0. The Kier molecular flexibility index (Phi) is 4.23. The molecule has 0 saturated carbocycles. The first-order valence-electron chi connectivity index (χ1n) is 3.11. The van der Waals surface area contributed by atoms with Crippen LogP contribution in [0.5, 0.6) is 0 Å². The maximum Gasteiger partial charge on any atom is 0.327 e. The van der Waals surface area contributed by atoms with Crippen LogP contribution in [-0.4, -0.2) is 19.9 Å². The normalized spacial score (nSPS) is 9.14. The van der Waals surface area contributed by atoms with Crippen LogP contribution in [0.2, 0.25) is 0 Å². The Morgan fingerprint density at radius 3 is 1.86 bits per heavy atom. The quantitative estimate of drug-likeness (QED) is 0.405. The first kappa shape index (κ1) is 13.1. The molecular weight excluding hydrogens is 379 g/mol. The van der Waals surface area contributed by atoms with Crippen LogP contribution < -0.4 is 16.9 Å². The van der Waals surface area contributed by atoms with Gasteiger partial charge in [0.15, 0.2) is 0 Å². The number of aromatic amines is 4. The van der Waals surface area contributed by atoms with Crippen molar-refractivity contribution in [2.75, 3.05) is 0 Å². The summed E-state index contributed by atoms with van der Waals surface area (Å²) in [4.78, 5) is 41.0. The van der Waals surface area contributed by atoms with Gasteiger partial charge in [-0.15, -0.1) is 0 Å². The standard InChI is InChI=1S/C5H4N4O3.H3P.W/c10-3-1-2(7-4(11)6-1)8-5(12)9-3;;/h(H4,6,7,8,9,10,11,12);1H3;. The van der Waals surface area contributed by atoms with Gasteiger partial charge in [-0.3, -0.25) is 24.7 Å². The molecule has 9 heteroatoms. The minimum atomic E-state index is -0.650. The van der Waals surface area contributed by atoms with Crippen LogP contribution in [0.3, 0.4) is 0 Å². The zero-order valence-electron chi connectivity index (χ0n) is 6.84. The number of rotatable bonds is 0. The van der Waals surface area contributed by atoms with Gasteiger partial charge in [0.05, 0.1) is 0 Å². The third kappa shape index (κ3) is 2.11. The van der Waals surface area contributed by atoms with Crippen molar-refractivity contribution in [3.63, 3.8) is 0 Å². The molecule has 4 N–H and O–H groups in total. The van der Waals surface area contributed by atoms with E-state index in [1.54, 1.807) is 0 Å². The van der Waals surface area contributed by atoms with Crippen LogP contribution in [0.15, 0.2) is 14.4 Å². The van der Waals surface area contributed by atoms with Gasteiger partial charge >= 0.3 is 11.4 Å². The second-order valence-electron chi connectivity index (χ2n) is 2.24. The van der Waals surface area contributed by atoms with E-state index >= 15 is 0 Å². The van der Waals surface area contributed by atoms with Gasteiger partial charge in [0, 0.05) is 21.1 Å². The Balaban J connectivity index is 0.000000845. The fourth-order valence-electron chi connectivity index (χ4n) is 0.958. The van der Waals surface area contributed by atoms with E-state index in [2.05, 4.69) is 15.0 Å². The Labute approximate surface area is 93.6 Å². The fourth-order valence-corrected chi connectivity index (χ4v) is 0.958. The SMILES string of the molecule is O=c1[nH]c(=O)c2[nH]c(=O)[nH]c2[nH]1.P.[W]. The predicted octanol–water partition coefficient (Wildman–Crippen LogP) is -1.71. The summed E-state index contributed by atoms with van der Waals surface area (Å²) in [7, 11) is 0. The monoisotopic (exact) mass is 386 g/mol. The van der Waals surface area contributed by atoms with E-state index in [1.807, 2.05) is 4.98 Å². The van der Waals surface area contributed by atoms with Crippen molar-refractivity contribution in [2.45, 2.75) is 0 Å². The van der Waals surface area contributed by atoms with Crippen LogP contribution in [-0.2, 0) is 21.1 Å². The molecule has 76 valence electrons. The molecule has 0 amide bonds. The Bertz CT molecular complexity index is 593. The molecule has 0 aliphatic rings. The largest absolute Gasteiger partial charge is 0.327 e. The van der Waals surface area contributed by atoms with Gasteiger partial charge in [0.25, 0.3) is 5.56 Å². The number of imidazole rings is 1.